The maximum Gasteiger partial charge on any atom is 0.335 e. The van der Waals surface area contributed by atoms with Gasteiger partial charge >= 0.3 is 11.7 Å². The molecule has 2 aromatic heterocycles. The van der Waals surface area contributed by atoms with Crippen LogP contribution in [0, 0.1) is 10.1 Å². The molecule has 0 aliphatic carbocycles. The largest absolute Gasteiger partial charge is 0.478 e. The Hall–Kier alpha value is -3.58. The number of carbonyl (C=O) groups is 1. The number of fused-ring (bicyclic) bond motifs is 1. The first-order chi connectivity index (χ1) is 12.9. The van der Waals surface area contributed by atoms with E-state index in [0.717, 1.165) is 11.3 Å². The van der Waals surface area contributed by atoms with Gasteiger partial charge in [0.1, 0.15) is 0 Å². The van der Waals surface area contributed by atoms with Crippen molar-refractivity contribution in [3.05, 3.63) is 75.3 Å². The number of rotatable bonds is 4. The molecule has 0 amide bonds. The fourth-order valence-electron chi connectivity index (χ4n) is 2.87. The van der Waals surface area contributed by atoms with E-state index in [1.165, 1.54) is 18.2 Å². The van der Waals surface area contributed by atoms with E-state index in [4.69, 9.17) is 21.1 Å². The van der Waals surface area contributed by atoms with Crippen LogP contribution in [0.3, 0.4) is 0 Å². The molecule has 0 unspecified atom stereocenters. The number of halogens is 1. The number of carboxylic acids is 1. The van der Waals surface area contributed by atoms with Crippen molar-refractivity contribution < 1.29 is 19.2 Å². The highest BCUT2D eigenvalue weighted by Crippen LogP contribution is 2.36. The maximum atomic E-state index is 11.2. The molecule has 2 aromatic carbocycles. The van der Waals surface area contributed by atoms with E-state index in [9.17, 15) is 14.9 Å². The number of hydrogen-bond donors (Lipinski definition) is 2. The Morgan fingerprint density at radius 3 is 2.44 bits per heavy atom. The Bertz CT molecular complexity index is 1190. The molecule has 0 bridgehead atoms. The predicted octanol–water partition coefficient (Wildman–Crippen LogP) is 5.35. The number of benzene rings is 2. The second kappa shape index (κ2) is 6.30. The Balaban J connectivity index is 1.74. The second-order valence-electron chi connectivity index (χ2n) is 5.88. The standard InChI is InChI=1S/C19H11ClN2O5/c20-13-7-12-8-17(27-18(12)16(9-13)22(25)26)15-6-5-14(21-15)10-1-3-11(4-2-10)19(23)24/h1-9,21H,(H,23,24). The number of aromatic carboxylic acids is 1. The number of furan rings is 1. The summed E-state index contributed by atoms with van der Waals surface area (Å²) in [5.74, 6) is -0.556. The molecule has 2 N–H and O–H groups in total. The summed E-state index contributed by atoms with van der Waals surface area (Å²) in [7, 11) is 0. The smallest absolute Gasteiger partial charge is 0.335 e. The van der Waals surface area contributed by atoms with Crippen LogP contribution in [0.2, 0.25) is 5.02 Å². The van der Waals surface area contributed by atoms with Crippen molar-refractivity contribution in [2.75, 3.05) is 0 Å². The molecule has 0 aliphatic heterocycles. The molecule has 0 saturated carbocycles. The van der Waals surface area contributed by atoms with Crippen molar-refractivity contribution in [3.63, 3.8) is 0 Å². The fourth-order valence-corrected chi connectivity index (χ4v) is 3.09. The van der Waals surface area contributed by atoms with Crippen LogP contribution in [0.5, 0.6) is 0 Å². The summed E-state index contributed by atoms with van der Waals surface area (Å²) in [4.78, 5) is 24.8. The normalized spacial score (nSPS) is 11.0. The van der Waals surface area contributed by atoms with Crippen LogP contribution < -0.4 is 0 Å². The van der Waals surface area contributed by atoms with Crippen molar-refractivity contribution in [1.82, 2.24) is 4.98 Å². The minimum Gasteiger partial charge on any atom is -0.478 e. The molecule has 8 heteroatoms. The number of nitrogens with zero attached hydrogens (tertiary/aromatic N) is 1. The lowest BCUT2D eigenvalue weighted by atomic mass is 10.1. The lowest BCUT2D eigenvalue weighted by molar-refractivity contribution is -0.383. The van der Waals surface area contributed by atoms with Gasteiger partial charge in [-0.15, -0.1) is 0 Å². The Morgan fingerprint density at radius 1 is 1.07 bits per heavy atom. The molecule has 134 valence electrons. The zero-order valence-corrected chi connectivity index (χ0v) is 14.4. The topological polar surface area (TPSA) is 109 Å². The van der Waals surface area contributed by atoms with Gasteiger partial charge in [-0.1, -0.05) is 23.7 Å². The van der Waals surface area contributed by atoms with Gasteiger partial charge in [-0.25, -0.2) is 4.79 Å². The molecule has 2 heterocycles. The molecule has 0 aliphatic rings. The van der Waals surface area contributed by atoms with E-state index in [1.807, 2.05) is 6.07 Å². The summed E-state index contributed by atoms with van der Waals surface area (Å²) >= 11 is 5.95. The van der Waals surface area contributed by atoms with E-state index in [0.29, 0.717) is 16.8 Å². The quantitative estimate of drug-likeness (QED) is 0.365. The number of carboxylic acid groups (broad SMARTS) is 1. The Kier molecular flexibility index (Phi) is 3.93. The van der Waals surface area contributed by atoms with Crippen molar-refractivity contribution >= 4 is 34.2 Å². The van der Waals surface area contributed by atoms with Gasteiger partial charge in [-0.3, -0.25) is 10.1 Å². The van der Waals surface area contributed by atoms with Crippen LogP contribution >= 0.6 is 11.6 Å². The van der Waals surface area contributed by atoms with Crippen LogP contribution in [0.25, 0.3) is 33.7 Å². The third kappa shape index (κ3) is 3.04. The molecule has 27 heavy (non-hydrogen) atoms. The molecule has 0 spiro atoms. The first-order valence-electron chi connectivity index (χ1n) is 7.83. The summed E-state index contributed by atoms with van der Waals surface area (Å²) in [6.07, 6.45) is 0. The highest BCUT2D eigenvalue weighted by atomic mass is 35.5. The minimum absolute atomic E-state index is 0.154. The third-order valence-corrected chi connectivity index (χ3v) is 4.37. The molecule has 0 saturated heterocycles. The van der Waals surface area contributed by atoms with Crippen LogP contribution in [-0.2, 0) is 0 Å². The van der Waals surface area contributed by atoms with Crippen LogP contribution in [-0.4, -0.2) is 21.0 Å². The highest BCUT2D eigenvalue weighted by Gasteiger charge is 2.19. The van der Waals surface area contributed by atoms with Gasteiger partial charge < -0.3 is 14.5 Å². The zero-order valence-electron chi connectivity index (χ0n) is 13.6. The number of aromatic amines is 1. The van der Waals surface area contributed by atoms with Crippen LogP contribution in [0.4, 0.5) is 5.69 Å². The number of nitrogens with one attached hydrogen (secondary N) is 1. The van der Waals surface area contributed by atoms with Gasteiger partial charge in [0, 0.05) is 22.2 Å². The number of hydrogen-bond acceptors (Lipinski definition) is 4. The molecular formula is C19H11ClN2O5. The van der Waals surface area contributed by atoms with Crippen molar-refractivity contribution in [2.24, 2.45) is 0 Å². The summed E-state index contributed by atoms with van der Waals surface area (Å²) in [5, 5.41) is 21.0. The number of aromatic nitrogens is 1. The zero-order chi connectivity index (χ0) is 19.1. The molecular weight excluding hydrogens is 372 g/mol. The fraction of sp³-hybridized carbons (Fsp3) is 0. The lowest BCUT2D eigenvalue weighted by Crippen LogP contribution is -1.94. The minimum atomic E-state index is -0.990. The number of H-pyrrole nitrogens is 1. The van der Waals surface area contributed by atoms with Crippen LogP contribution in [0.1, 0.15) is 10.4 Å². The van der Waals surface area contributed by atoms with Gasteiger partial charge in [-0.05, 0) is 42.0 Å². The van der Waals surface area contributed by atoms with E-state index in [-0.39, 0.29) is 21.9 Å². The Labute approximate surface area is 157 Å². The molecule has 4 rings (SSSR count). The molecule has 7 nitrogen and oxygen atoms in total. The van der Waals surface area contributed by atoms with Gasteiger partial charge in [0.25, 0.3) is 0 Å². The summed E-state index contributed by atoms with van der Waals surface area (Å²) in [5.41, 5.74) is 2.35. The van der Waals surface area contributed by atoms with E-state index < -0.39 is 10.9 Å². The lowest BCUT2D eigenvalue weighted by Gasteiger charge is -1.99. The summed E-state index contributed by atoms with van der Waals surface area (Å²) in [6, 6.07) is 14.6. The number of nitro groups is 1. The highest BCUT2D eigenvalue weighted by molar-refractivity contribution is 6.31. The van der Waals surface area contributed by atoms with E-state index in [2.05, 4.69) is 4.98 Å². The summed E-state index contributed by atoms with van der Waals surface area (Å²) < 4.78 is 5.69. The van der Waals surface area contributed by atoms with Crippen molar-refractivity contribution in [1.29, 1.82) is 0 Å². The van der Waals surface area contributed by atoms with Crippen molar-refractivity contribution in [2.45, 2.75) is 0 Å². The molecule has 4 aromatic rings. The van der Waals surface area contributed by atoms with Crippen molar-refractivity contribution in [3.8, 4) is 22.7 Å². The maximum absolute atomic E-state index is 11.2. The first-order valence-corrected chi connectivity index (χ1v) is 8.21. The van der Waals surface area contributed by atoms with E-state index >= 15 is 0 Å². The summed E-state index contributed by atoms with van der Waals surface area (Å²) in [6.45, 7) is 0. The molecule has 0 atom stereocenters. The van der Waals surface area contributed by atoms with E-state index in [1.54, 1.807) is 30.3 Å². The van der Waals surface area contributed by atoms with Gasteiger partial charge in [0.2, 0.25) is 5.58 Å². The van der Waals surface area contributed by atoms with Crippen LogP contribution in [0.15, 0.2) is 59.0 Å². The second-order valence-corrected chi connectivity index (χ2v) is 6.32. The average Bonchev–Trinajstić information content (AvgIpc) is 3.27. The molecule has 0 fully saturated rings. The SMILES string of the molecule is O=C(O)c1ccc(-c2ccc(-c3cc4cc(Cl)cc([N+](=O)[O-])c4o3)[nH]2)cc1. The first kappa shape index (κ1) is 16.9. The molecule has 0 radical (unpaired) electrons. The average molecular weight is 383 g/mol. The van der Waals surface area contributed by atoms with Gasteiger partial charge in [0.05, 0.1) is 16.2 Å². The van der Waals surface area contributed by atoms with Gasteiger partial charge in [-0.2, -0.15) is 0 Å². The van der Waals surface area contributed by atoms with Gasteiger partial charge in [0.15, 0.2) is 5.76 Å². The Morgan fingerprint density at radius 2 is 1.78 bits per heavy atom. The monoisotopic (exact) mass is 382 g/mol. The number of nitro benzene ring substituents is 1. The third-order valence-electron chi connectivity index (χ3n) is 4.15. The predicted molar refractivity (Wildman–Crippen MR) is 100 cm³/mol. The number of non-ortho nitro benzene ring substituents is 1.